The van der Waals surface area contributed by atoms with E-state index in [1.165, 1.54) is 6.92 Å². The number of anilines is 1. The molecule has 8 heteroatoms. The highest BCUT2D eigenvalue weighted by Gasteiger charge is 2.52. The molecule has 136 valence electrons. The fourth-order valence-electron chi connectivity index (χ4n) is 2.35. The summed E-state index contributed by atoms with van der Waals surface area (Å²) in [5.41, 5.74) is 6.84. The Hall–Kier alpha value is -1.21. The zero-order valence-corrected chi connectivity index (χ0v) is 16.6. The second-order valence-corrected chi connectivity index (χ2v) is 7.95. The zero-order valence-electron chi connectivity index (χ0n) is 15.1. The first-order chi connectivity index (χ1) is 11.4. The van der Waals surface area contributed by atoms with Crippen molar-refractivity contribution in [3.63, 3.8) is 0 Å². The Balaban J connectivity index is 2.42. The van der Waals surface area contributed by atoms with Crippen LogP contribution in [0.1, 0.15) is 40.2 Å². The van der Waals surface area contributed by atoms with E-state index in [0.717, 1.165) is 5.47 Å². The lowest BCUT2D eigenvalue weighted by Crippen LogP contribution is -2.41. The van der Waals surface area contributed by atoms with Gasteiger partial charge in [-0.3, -0.25) is 4.79 Å². The van der Waals surface area contributed by atoms with E-state index in [0.29, 0.717) is 21.3 Å². The third-order valence-electron chi connectivity index (χ3n) is 4.56. The fourth-order valence-corrected chi connectivity index (χ4v) is 2.86. The largest absolute Gasteiger partial charge is 0.492 e. The molecule has 1 fully saturated rings. The molecule has 1 aliphatic heterocycles. The van der Waals surface area contributed by atoms with Gasteiger partial charge in [0.05, 0.1) is 21.9 Å². The predicted molar refractivity (Wildman–Crippen MR) is 104 cm³/mol. The normalized spacial score (nSPS) is 19.2. The molecule has 5 nitrogen and oxygen atoms in total. The smallest absolute Gasteiger partial charge is 0.400 e. The second kappa shape index (κ2) is 7.19. The van der Waals surface area contributed by atoms with Crippen LogP contribution in [0.5, 0.6) is 0 Å². The summed E-state index contributed by atoms with van der Waals surface area (Å²) in [5, 5.41) is 3.61. The average molecular weight is 385 g/mol. The molecule has 0 spiro atoms. The molecule has 0 radical (unpaired) electrons. The van der Waals surface area contributed by atoms with Crippen molar-refractivity contribution < 1.29 is 14.1 Å². The highest BCUT2D eigenvalue weighted by Crippen LogP contribution is 2.39. The number of halogens is 2. The van der Waals surface area contributed by atoms with Crippen LogP contribution in [0.2, 0.25) is 10.0 Å². The van der Waals surface area contributed by atoms with Crippen LogP contribution in [-0.2, 0) is 14.1 Å². The van der Waals surface area contributed by atoms with Gasteiger partial charge in [-0.25, -0.2) is 0 Å². The first kappa shape index (κ1) is 20.1. The summed E-state index contributed by atoms with van der Waals surface area (Å²) in [4.78, 5) is 11.4. The maximum atomic E-state index is 11.4. The van der Waals surface area contributed by atoms with Crippen molar-refractivity contribution in [1.82, 2.24) is 5.32 Å². The summed E-state index contributed by atoms with van der Waals surface area (Å²) in [7, 11) is -0.617. The van der Waals surface area contributed by atoms with Crippen LogP contribution in [0.15, 0.2) is 17.6 Å². The van der Waals surface area contributed by atoms with Gasteiger partial charge in [-0.15, -0.1) is 0 Å². The van der Waals surface area contributed by atoms with E-state index in [4.69, 9.17) is 38.2 Å². The number of rotatable bonds is 4. The summed E-state index contributed by atoms with van der Waals surface area (Å²) in [6.07, 6.45) is 1.80. The molecule has 1 aliphatic rings. The third kappa shape index (κ3) is 4.50. The van der Waals surface area contributed by atoms with Crippen LogP contribution in [0.25, 0.3) is 6.08 Å². The highest BCUT2D eigenvalue weighted by molar-refractivity contribution is 6.56. The Kier molecular flexibility index (Phi) is 5.79. The van der Waals surface area contributed by atoms with Crippen molar-refractivity contribution >= 4 is 48.0 Å². The summed E-state index contributed by atoms with van der Waals surface area (Å²) in [6, 6.07) is 3.29. The molecule has 1 aromatic rings. The molecule has 2 rings (SSSR count). The highest BCUT2D eigenvalue weighted by atomic mass is 35.5. The molecule has 1 amide bonds. The lowest BCUT2D eigenvalue weighted by atomic mass is 9.76. The van der Waals surface area contributed by atoms with Gasteiger partial charge in [0.2, 0.25) is 5.91 Å². The minimum Gasteiger partial charge on any atom is -0.400 e. The first-order valence-electron chi connectivity index (χ1n) is 7.98. The Morgan fingerprint density at radius 1 is 1.24 bits per heavy atom. The van der Waals surface area contributed by atoms with E-state index in [-0.39, 0.29) is 12.5 Å². The third-order valence-corrected chi connectivity index (χ3v) is 5.10. The number of nitrogens with two attached hydrogens (primary N) is 1. The molecule has 0 atom stereocenters. The summed E-state index contributed by atoms with van der Waals surface area (Å²) in [6.45, 7) is 9.57. The van der Waals surface area contributed by atoms with Crippen LogP contribution in [0, 0.1) is 0 Å². The van der Waals surface area contributed by atoms with Gasteiger partial charge >= 0.3 is 7.12 Å². The van der Waals surface area contributed by atoms with Crippen LogP contribution in [0.4, 0.5) is 5.69 Å². The summed E-state index contributed by atoms with van der Waals surface area (Å²) in [5.74, 6) is -0.153. The molecule has 1 heterocycles. The molecular formula is C17H23BCl2N2O3. The summed E-state index contributed by atoms with van der Waals surface area (Å²) >= 11 is 12.2. The zero-order chi connectivity index (χ0) is 19.0. The average Bonchev–Trinajstić information content (AvgIpc) is 2.68. The number of carbonyl (C=O) groups excluding carboxylic acids is 1. The van der Waals surface area contributed by atoms with Gasteiger partial charge < -0.3 is 20.4 Å². The molecule has 0 aliphatic carbocycles. The molecule has 1 saturated heterocycles. The SMILES string of the molecule is CC(=O)NCC(=Cc1cc(Cl)cc(Cl)c1N)B1OC(C)(C)C(C)(C)O1. The van der Waals surface area contributed by atoms with Crippen LogP contribution < -0.4 is 11.1 Å². The molecule has 0 saturated carbocycles. The predicted octanol–water partition coefficient (Wildman–Crippen LogP) is 3.73. The topological polar surface area (TPSA) is 73.6 Å². The van der Waals surface area contributed by atoms with Crippen molar-refractivity contribution in [2.75, 3.05) is 12.3 Å². The van der Waals surface area contributed by atoms with Gasteiger partial charge in [0, 0.05) is 18.5 Å². The molecule has 0 bridgehead atoms. The van der Waals surface area contributed by atoms with Crippen LogP contribution in [-0.4, -0.2) is 30.8 Å². The number of hydrogen-bond acceptors (Lipinski definition) is 4. The van der Waals surface area contributed by atoms with E-state index in [1.807, 2.05) is 27.7 Å². The Bertz CT molecular complexity index is 704. The Morgan fingerprint density at radius 2 is 1.80 bits per heavy atom. The number of benzene rings is 1. The molecule has 3 N–H and O–H groups in total. The van der Waals surface area contributed by atoms with Crippen molar-refractivity contribution in [1.29, 1.82) is 0 Å². The van der Waals surface area contributed by atoms with Crippen molar-refractivity contribution in [3.8, 4) is 0 Å². The van der Waals surface area contributed by atoms with Crippen LogP contribution in [0.3, 0.4) is 0 Å². The number of nitrogens with one attached hydrogen (secondary N) is 1. The quantitative estimate of drug-likeness (QED) is 0.612. The standard InChI is InChI=1S/C17H23BCl2N2O3/c1-10(23)22-9-12(18-24-16(2,3)17(4,5)25-18)6-11-7-13(19)8-14(20)15(11)21/h6-8H,9,21H2,1-5H3,(H,22,23). The van der Waals surface area contributed by atoms with E-state index in [1.54, 1.807) is 18.2 Å². The number of nitrogen functional groups attached to an aromatic ring is 1. The van der Waals surface area contributed by atoms with Crippen LogP contribution >= 0.6 is 23.2 Å². The van der Waals surface area contributed by atoms with Crippen molar-refractivity contribution in [2.45, 2.75) is 45.8 Å². The Morgan fingerprint density at radius 3 is 2.32 bits per heavy atom. The minimum absolute atomic E-state index is 0.153. The molecule has 0 aromatic heterocycles. The molecule has 1 aromatic carbocycles. The molecular weight excluding hydrogens is 362 g/mol. The van der Waals surface area contributed by atoms with E-state index < -0.39 is 18.3 Å². The van der Waals surface area contributed by atoms with Gasteiger partial charge in [0.25, 0.3) is 0 Å². The maximum Gasteiger partial charge on any atom is 0.492 e. The fraction of sp³-hybridized carbons (Fsp3) is 0.471. The number of hydrogen-bond donors (Lipinski definition) is 2. The van der Waals surface area contributed by atoms with Gasteiger partial charge in [0.15, 0.2) is 0 Å². The van der Waals surface area contributed by atoms with Gasteiger partial charge in [-0.1, -0.05) is 29.3 Å². The monoisotopic (exact) mass is 384 g/mol. The molecule has 25 heavy (non-hydrogen) atoms. The van der Waals surface area contributed by atoms with Gasteiger partial charge in [0.1, 0.15) is 0 Å². The summed E-state index contributed by atoms with van der Waals surface area (Å²) < 4.78 is 12.2. The molecule has 0 unspecified atom stereocenters. The van der Waals surface area contributed by atoms with Crippen molar-refractivity contribution in [2.24, 2.45) is 0 Å². The van der Waals surface area contributed by atoms with E-state index in [2.05, 4.69) is 5.32 Å². The second-order valence-electron chi connectivity index (χ2n) is 7.11. The van der Waals surface area contributed by atoms with Gasteiger partial charge in [-0.2, -0.15) is 0 Å². The van der Waals surface area contributed by atoms with E-state index >= 15 is 0 Å². The minimum atomic E-state index is -0.617. The number of carbonyl (C=O) groups is 1. The van der Waals surface area contributed by atoms with Crippen molar-refractivity contribution in [3.05, 3.63) is 33.2 Å². The maximum absolute atomic E-state index is 11.4. The Labute approximate surface area is 159 Å². The first-order valence-corrected chi connectivity index (χ1v) is 8.73. The lowest BCUT2D eigenvalue weighted by molar-refractivity contribution is -0.118. The van der Waals surface area contributed by atoms with E-state index in [9.17, 15) is 4.79 Å². The number of amides is 1. The van der Waals surface area contributed by atoms with Gasteiger partial charge in [-0.05, 0) is 50.9 Å². The lowest BCUT2D eigenvalue weighted by Gasteiger charge is -2.32.